The number of nitrogens with one attached hydrogen (secondary N) is 1. The molecule has 0 radical (unpaired) electrons. The number of carbonyl (C=O) groups excluding carboxylic acids is 1. The highest BCUT2D eigenvalue weighted by molar-refractivity contribution is 5.86. The van der Waals surface area contributed by atoms with Crippen LogP contribution >= 0.6 is 0 Å². The molecule has 0 aromatic heterocycles. The van der Waals surface area contributed by atoms with Crippen LogP contribution in [-0.2, 0) is 4.79 Å². The first-order valence-electron chi connectivity index (χ1n) is 7.75. The summed E-state index contributed by atoms with van der Waals surface area (Å²) in [5.41, 5.74) is 5.39. The minimum absolute atomic E-state index is 0.00663. The summed E-state index contributed by atoms with van der Waals surface area (Å²) < 4.78 is 0. The minimum Gasteiger partial charge on any atom is -0.352 e. The van der Waals surface area contributed by atoms with Crippen LogP contribution in [0.1, 0.15) is 60.3 Å². The Kier molecular flexibility index (Phi) is 9.02. The quantitative estimate of drug-likeness (QED) is 0.640. The zero-order valence-electron chi connectivity index (χ0n) is 13.5. The lowest BCUT2D eigenvalue weighted by atomic mass is 9.92. The number of carbonyl (C=O) groups is 1. The van der Waals surface area contributed by atoms with Crippen molar-refractivity contribution in [3.8, 4) is 0 Å². The lowest BCUT2D eigenvalue weighted by Gasteiger charge is -2.27. The Balaban J connectivity index is 4.04. The van der Waals surface area contributed by atoms with E-state index in [1.54, 1.807) is 0 Å². The Labute approximate surface area is 119 Å². The largest absolute Gasteiger partial charge is 0.352 e. The lowest BCUT2D eigenvalue weighted by molar-refractivity contribution is -0.127. The fourth-order valence-electron chi connectivity index (χ4n) is 2.17. The summed E-state index contributed by atoms with van der Waals surface area (Å²) in [6, 6.07) is 0.198. The zero-order valence-corrected chi connectivity index (χ0v) is 13.5. The van der Waals surface area contributed by atoms with Gasteiger partial charge in [-0.3, -0.25) is 4.79 Å². The van der Waals surface area contributed by atoms with E-state index in [-0.39, 0.29) is 11.9 Å². The molecule has 0 aromatic carbocycles. The Morgan fingerprint density at radius 1 is 1.21 bits per heavy atom. The molecule has 0 aliphatic heterocycles. The van der Waals surface area contributed by atoms with Crippen LogP contribution in [0.3, 0.4) is 0 Å². The van der Waals surface area contributed by atoms with Crippen LogP contribution in [0.4, 0.5) is 0 Å². The summed E-state index contributed by atoms with van der Waals surface area (Å²) in [5, 5.41) is 3.05. The van der Waals surface area contributed by atoms with Crippen LogP contribution in [0, 0.1) is 0 Å². The summed E-state index contributed by atoms with van der Waals surface area (Å²) in [6.45, 7) is 13.6. The second-order valence-corrected chi connectivity index (χ2v) is 5.41. The molecule has 0 aliphatic carbocycles. The first kappa shape index (κ1) is 18.4. The van der Waals surface area contributed by atoms with Crippen molar-refractivity contribution in [1.82, 2.24) is 10.2 Å². The molecule has 4 heteroatoms. The lowest BCUT2D eigenvalue weighted by Crippen LogP contribution is -2.55. The fraction of sp³-hybridized carbons (Fsp3) is 0.933. The van der Waals surface area contributed by atoms with Crippen molar-refractivity contribution in [2.45, 2.75) is 71.9 Å². The van der Waals surface area contributed by atoms with Gasteiger partial charge in [0.15, 0.2) is 0 Å². The van der Waals surface area contributed by atoms with Crippen molar-refractivity contribution in [3.05, 3.63) is 0 Å². The highest BCUT2D eigenvalue weighted by atomic mass is 16.2. The van der Waals surface area contributed by atoms with Crippen molar-refractivity contribution in [1.29, 1.82) is 0 Å². The monoisotopic (exact) mass is 271 g/mol. The van der Waals surface area contributed by atoms with E-state index < -0.39 is 5.54 Å². The summed E-state index contributed by atoms with van der Waals surface area (Å²) in [6.07, 6.45) is 3.48. The molecule has 0 aliphatic rings. The van der Waals surface area contributed by atoms with Gasteiger partial charge in [0.2, 0.25) is 5.91 Å². The number of hydrogen-bond donors (Lipinski definition) is 2. The van der Waals surface area contributed by atoms with Gasteiger partial charge in [-0.25, -0.2) is 0 Å². The van der Waals surface area contributed by atoms with E-state index in [0.29, 0.717) is 12.8 Å². The highest BCUT2D eigenvalue weighted by Gasteiger charge is 2.30. The smallest absolute Gasteiger partial charge is 0.240 e. The highest BCUT2D eigenvalue weighted by Crippen LogP contribution is 2.12. The van der Waals surface area contributed by atoms with Gasteiger partial charge in [-0.2, -0.15) is 0 Å². The molecule has 1 atom stereocenters. The molecule has 0 aromatic rings. The predicted molar refractivity (Wildman–Crippen MR) is 82.1 cm³/mol. The molecule has 0 saturated heterocycles. The molecule has 19 heavy (non-hydrogen) atoms. The molecule has 0 spiro atoms. The normalized spacial score (nSPS) is 13.6. The molecule has 0 bridgehead atoms. The Bertz CT molecular complexity index is 248. The number of rotatable bonds is 10. The number of amides is 1. The first-order valence-corrected chi connectivity index (χ1v) is 7.75. The molecule has 0 heterocycles. The van der Waals surface area contributed by atoms with E-state index in [4.69, 9.17) is 5.73 Å². The van der Waals surface area contributed by atoms with Crippen LogP contribution < -0.4 is 11.1 Å². The SMILES string of the molecule is CCN(CC)CCCC(C)NC(=O)C(N)(CC)CC. The van der Waals surface area contributed by atoms with Crippen LogP contribution in [-0.4, -0.2) is 42.0 Å². The van der Waals surface area contributed by atoms with Gasteiger partial charge in [0.1, 0.15) is 0 Å². The van der Waals surface area contributed by atoms with Gasteiger partial charge >= 0.3 is 0 Å². The summed E-state index contributed by atoms with van der Waals surface area (Å²) >= 11 is 0. The second kappa shape index (κ2) is 9.32. The molecule has 3 N–H and O–H groups in total. The van der Waals surface area contributed by atoms with Gasteiger partial charge in [-0.05, 0) is 52.2 Å². The average molecular weight is 271 g/mol. The van der Waals surface area contributed by atoms with E-state index in [9.17, 15) is 4.79 Å². The molecule has 0 fully saturated rings. The molecular formula is C15H33N3O. The third-order valence-electron chi connectivity index (χ3n) is 4.10. The summed E-state index contributed by atoms with van der Waals surface area (Å²) in [7, 11) is 0. The van der Waals surface area contributed by atoms with Crippen molar-refractivity contribution >= 4 is 5.91 Å². The van der Waals surface area contributed by atoms with Crippen LogP contribution in [0.25, 0.3) is 0 Å². The number of nitrogens with two attached hydrogens (primary N) is 1. The average Bonchev–Trinajstić information content (AvgIpc) is 2.42. The van der Waals surface area contributed by atoms with Crippen molar-refractivity contribution in [2.24, 2.45) is 5.73 Å². The maximum absolute atomic E-state index is 12.1. The summed E-state index contributed by atoms with van der Waals surface area (Å²) in [4.78, 5) is 14.5. The molecule has 0 rings (SSSR count). The topological polar surface area (TPSA) is 58.4 Å². The molecule has 1 amide bonds. The van der Waals surface area contributed by atoms with E-state index in [1.807, 2.05) is 13.8 Å². The van der Waals surface area contributed by atoms with Crippen LogP contribution in [0.15, 0.2) is 0 Å². The zero-order chi connectivity index (χ0) is 14.9. The van der Waals surface area contributed by atoms with Gasteiger partial charge in [-0.15, -0.1) is 0 Å². The van der Waals surface area contributed by atoms with E-state index in [2.05, 4.69) is 31.0 Å². The standard InChI is InChI=1S/C15H33N3O/c1-6-15(16,7-2)14(19)17-13(5)11-10-12-18(8-3)9-4/h13H,6-12,16H2,1-5H3,(H,17,19). The Morgan fingerprint density at radius 2 is 1.74 bits per heavy atom. The van der Waals surface area contributed by atoms with Crippen LogP contribution in [0.5, 0.6) is 0 Å². The third-order valence-corrected chi connectivity index (χ3v) is 4.10. The van der Waals surface area contributed by atoms with Gasteiger partial charge in [0.25, 0.3) is 0 Å². The summed E-state index contributed by atoms with van der Waals surface area (Å²) in [5.74, 6) is -0.00663. The van der Waals surface area contributed by atoms with Crippen molar-refractivity contribution in [2.75, 3.05) is 19.6 Å². The van der Waals surface area contributed by atoms with E-state index in [0.717, 1.165) is 32.5 Å². The van der Waals surface area contributed by atoms with Crippen LogP contribution in [0.2, 0.25) is 0 Å². The minimum atomic E-state index is -0.701. The molecular weight excluding hydrogens is 238 g/mol. The molecule has 1 unspecified atom stereocenters. The van der Waals surface area contributed by atoms with Crippen molar-refractivity contribution < 1.29 is 4.79 Å². The molecule has 4 nitrogen and oxygen atoms in total. The number of nitrogens with zero attached hydrogens (tertiary/aromatic N) is 1. The number of hydrogen-bond acceptors (Lipinski definition) is 3. The maximum Gasteiger partial charge on any atom is 0.240 e. The van der Waals surface area contributed by atoms with Gasteiger partial charge in [0, 0.05) is 6.04 Å². The van der Waals surface area contributed by atoms with Gasteiger partial charge in [0.05, 0.1) is 5.54 Å². The van der Waals surface area contributed by atoms with Gasteiger partial charge in [-0.1, -0.05) is 27.7 Å². The Morgan fingerprint density at radius 3 is 2.16 bits per heavy atom. The fourth-order valence-corrected chi connectivity index (χ4v) is 2.17. The van der Waals surface area contributed by atoms with E-state index >= 15 is 0 Å². The second-order valence-electron chi connectivity index (χ2n) is 5.41. The van der Waals surface area contributed by atoms with Crippen molar-refractivity contribution in [3.63, 3.8) is 0 Å². The first-order chi connectivity index (χ1) is 8.93. The Hall–Kier alpha value is -0.610. The predicted octanol–water partition coefficient (Wildman–Crippen LogP) is 2.13. The molecule has 0 saturated carbocycles. The van der Waals surface area contributed by atoms with Gasteiger partial charge < -0.3 is 16.0 Å². The maximum atomic E-state index is 12.1. The molecule has 114 valence electrons. The third kappa shape index (κ3) is 6.39. The van der Waals surface area contributed by atoms with E-state index in [1.165, 1.54) is 0 Å².